The molecule has 0 saturated carbocycles. The molecule has 4 aromatic rings. The number of rotatable bonds is 20. The molecule has 0 aliphatic carbocycles. The number of nitrogens with one attached hydrogen (secondary N) is 4. The van der Waals surface area contributed by atoms with Gasteiger partial charge in [0.2, 0.25) is 23.7 Å². The molecule has 22 nitrogen and oxygen atoms in total. The van der Waals surface area contributed by atoms with Crippen molar-refractivity contribution in [2.24, 2.45) is 0 Å². The van der Waals surface area contributed by atoms with E-state index in [4.69, 9.17) is 20.9 Å². The molecule has 2 aliphatic rings. The second kappa shape index (κ2) is 19.6. The Morgan fingerprint density at radius 2 is 1.70 bits per heavy atom. The van der Waals surface area contributed by atoms with Gasteiger partial charge in [-0.1, -0.05) is 6.07 Å². The number of anilines is 4. The molecule has 1 fully saturated rings. The zero-order valence-corrected chi connectivity index (χ0v) is 33.0. The number of hydrogen-bond acceptors (Lipinski definition) is 17. The summed E-state index contributed by atoms with van der Waals surface area (Å²) in [6.45, 7) is 1.41. The van der Waals surface area contributed by atoms with E-state index in [-0.39, 0.29) is 99.3 Å². The number of fused-ring (bicyclic) bond motifs is 2. The highest BCUT2D eigenvalue weighted by atomic mass is 16.5. The Hall–Kier alpha value is -7.33. The summed E-state index contributed by atoms with van der Waals surface area (Å²) in [4.78, 5) is 107. The van der Waals surface area contributed by atoms with Crippen LogP contribution >= 0.6 is 0 Å². The summed E-state index contributed by atoms with van der Waals surface area (Å²) >= 11 is 0. The van der Waals surface area contributed by atoms with Gasteiger partial charge in [-0.25, -0.2) is 9.97 Å². The standard InChI is InChI=1S/C39H44N12O10/c1-50(20-22-19-44-33-31(45-22)32(40)48-39(41)49-33)23-7-5-21(6-8-23)34(55)46-26(9-12-29(53)54)35(56)43-14-16-61-18-17-60-15-13-42-25-4-2-3-24-30(25)38(59)51(37(24)58)27-10-11-28(52)47-36(27)57/h2-8,19,26-27,42H,9-18,20H2,1H3,(H,43,56)(H,46,55)(H,53,54)(H,47,52,57)(H4,40,41,44,48,49)/t26-,27?/m0/s1. The van der Waals surface area contributed by atoms with E-state index in [9.17, 15) is 38.7 Å². The van der Waals surface area contributed by atoms with Crippen molar-refractivity contribution in [3.05, 3.63) is 71.0 Å². The Morgan fingerprint density at radius 3 is 2.43 bits per heavy atom. The van der Waals surface area contributed by atoms with Crippen LogP contribution in [0.15, 0.2) is 48.7 Å². The van der Waals surface area contributed by atoms with Crippen LogP contribution in [0.1, 0.15) is 62.5 Å². The van der Waals surface area contributed by atoms with Crippen LogP contribution in [0.2, 0.25) is 0 Å². The highest BCUT2D eigenvalue weighted by Gasteiger charge is 2.45. The molecule has 2 aromatic carbocycles. The number of carboxylic acid groups (broad SMARTS) is 1. The molecule has 0 radical (unpaired) electrons. The number of amides is 6. The molecule has 4 heterocycles. The second-order valence-corrected chi connectivity index (χ2v) is 14.0. The lowest BCUT2D eigenvalue weighted by molar-refractivity contribution is -0.138. The summed E-state index contributed by atoms with van der Waals surface area (Å²) in [5.41, 5.74) is 14.5. The number of nitrogen functional groups attached to an aromatic ring is 2. The van der Waals surface area contributed by atoms with Crippen molar-refractivity contribution in [3.63, 3.8) is 0 Å². The first kappa shape index (κ1) is 43.3. The Morgan fingerprint density at radius 1 is 0.967 bits per heavy atom. The third-order valence-electron chi connectivity index (χ3n) is 9.69. The van der Waals surface area contributed by atoms with E-state index in [0.29, 0.717) is 23.4 Å². The topological polar surface area (TPSA) is 316 Å². The van der Waals surface area contributed by atoms with Crippen molar-refractivity contribution in [1.82, 2.24) is 40.8 Å². The molecular weight excluding hydrogens is 797 g/mol. The molecule has 0 bridgehead atoms. The predicted octanol–water partition coefficient (Wildman–Crippen LogP) is -0.153. The maximum Gasteiger partial charge on any atom is 0.303 e. The largest absolute Gasteiger partial charge is 0.481 e. The van der Waals surface area contributed by atoms with Gasteiger partial charge in [0.1, 0.15) is 12.1 Å². The van der Waals surface area contributed by atoms with Crippen LogP contribution in [0, 0.1) is 0 Å². The van der Waals surface area contributed by atoms with Crippen molar-refractivity contribution in [3.8, 4) is 0 Å². The molecule has 9 N–H and O–H groups in total. The number of carbonyl (C=O) groups excluding carboxylic acids is 6. The summed E-state index contributed by atoms with van der Waals surface area (Å²) in [6, 6.07) is 9.16. The van der Waals surface area contributed by atoms with Crippen LogP contribution in [-0.4, -0.2) is 130 Å². The summed E-state index contributed by atoms with van der Waals surface area (Å²) in [6.07, 6.45) is 1.14. The zero-order chi connectivity index (χ0) is 43.6. The number of hydrogen-bond donors (Lipinski definition) is 7. The molecule has 6 amide bonds. The number of aromatic nitrogens is 4. The van der Waals surface area contributed by atoms with Crippen LogP contribution in [0.3, 0.4) is 0 Å². The average Bonchev–Trinajstić information content (AvgIpc) is 3.48. The SMILES string of the molecule is CN(Cc1cnc2nc(N)nc(N)c2n1)c1ccc(C(=O)N[C@@H](CCC(=O)O)C(=O)NCCOCCOCCNc2cccc3c2C(=O)N(C2CCC(=O)NC2=O)C3=O)cc1. The second-order valence-electron chi connectivity index (χ2n) is 14.0. The number of nitrogens with zero attached hydrogens (tertiary/aromatic N) is 6. The number of nitrogens with two attached hydrogens (primary N) is 2. The lowest BCUT2D eigenvalue weighted by Crippen LogP contribution is -2.54. The van der Waals surface area contributed by atoms with E-state index < -0.39 is 53.5 Å². The molecule has 22 heteroatoms. The van der Waals surface area contributed by atoms with Gasteiger partial charge in [0.05, 0.1) is 56.0 Å². The Bertz CT molecular complexity index is 2340. The minimum Gasteiger partial charge on any atom is -0.481 e. The minimum absolute atomic E-state index is 0.00355. The summed E-state index contributed by atoms with van der Waals surface area (Å²) in [5.74, 6) is -4.51. The van der Waals surface area contributed by atoms with Gasteiger partial charge in [-0.2, -0.15) is 9.97 Å². The van der Waals surface area contributed by atoms with Crippen molar-refractivity contribution in [2.45, 2.75) is 44.3 Å². The number of benzene rings is 2. The zero-order valence-electron chi connectivity index (χ0n) is 33.0. The summed E-state index contributed by atoms with van der Waals surface area (Å²) in [5, 5.41) is 19.8. The van der Waals surface area contributed by atoms with Gasteiger partial charge in [-0.3, -0.25) is 43.8 Å². The predicted molar refractivity (Wildman–Crippen MR) is 217 cm³/mol. The van der Waals surface area contributed by atoms with Crippen molar-refractivity contribution < 1.29 is 48.1 Å². The normalized spacial score (nSPS) is 15.3. The fourth-order valence-corrected chi connectivity index (χ4v) is 6.65. The number of carboxylic acids is 1. The van der Waals surface area contributed by atoms with E-state index in [2.05, 4.69) is 41.2 Å². The third kappa shape index (κ3) is 10.7. The van der Waals surface area contributed by atoms with Gasteiger partial charge < -0.3 is 46.9 Å². The molecule has 2 aliphatic heterocycles. The Kier molecular flexibility index (Phi) is 13.9. The highest BCUT2D eigenvalue weighted by molar-refractivity contribution is 6.25. The smallest absolute Gasteiger partial charge is 0.303 e. The molecule has 1 unspecified atom stereocenters. The first-order chi connectivity index (χ1) is 29.3. The van der Waals surface area contributed by atoms with Crippen molar-refractivity contribution >= 4 is 75.7 Å². The maximum absolute atomic E-state index is 13.2. The van der Waals surface area contributed by atoms with Crippen molar-refractivity contribution in [2.75, 3.05) is 68.2 Å². The van der Waals surface area contributed by atoms with E-state index in [0.717, 1.165) is 10.6 Å². The number of piperidine rings is 1. The van der Waals surface area contributed by atoms with Crippen LogP contribution in [-0.2, 0) is 35.2 Å². The molecule has 1 saturated heterocycles. The van der Waals surface area contributed by atoms with Gasteiger partial charge in [-0.05, 0) is 49.2 Å². The fraction of sp³-hybridized carbons (Fsp3) is 0.359. The first-order valence-corrected chi connectivity index (χ1v) is 19.2. The number of ether oxygens (including phenoxy) is 2. The number of imide groups is 2. The van der Waals surface area contributed by atoms with Gasteiger partial charge in [-0.15, -0.1) is 0 Å². The molecule has 2 aromatic heterocycles. The quantitative estimate of drug-likeness (QED) is 0.0449. The van der Waals surface area contributed by atoms with Gasteiger partial charge in [0, 0.05) is 49.9 Å². The molecular formula is C39H44N12O10. The van der Waals surface area contributed by atoms with Crippen LogP contribution in [0.4, 0.5) is 23.1 Å². The molecule has 0 spiro atoms. The minimum atomic E-state index is -1.13. The van der Waals surface area contributed by atoms with Gasteiger partial charge in [0.25, 0.3) is 17.7 Å². The fourth-order valence-electron chi connectivity index (χ4n) is 6.65. The first-order valence-electron chi connectivity index (χ1n) is 19.2. The Balaban J connectivity index is 0.894. The summed E-state index contributed by atoms with van der Waals surface area (Å²) in [7, 11) is 1.82. The molecule has 2 atom stereocenters. The molecule has 320 valence electrons. The highest BCUT2D eigenvalue weighted by Crippen LogP contribution is 2.32. The van der Waals surface area contributed by atoms with Crippen molar-refractivity contribution in [1.29, 1.82) is 0 Å². The van der Waals surface area contributed by atoms with Crippen LogP contribution < -0.4 is 37.6 Å². The number of carbonyl (C=O) groups is 7. The van der Waals surface area contributed by atoms with E-state index in [1.54, 1.807) is 42.6 Å². The third-order valence-corrected chi connectivity index (χ3v) is 9.69. The monoisotopic (exact) mass is 840 g/mol. The van der Waals surface area contributed by atoms with E-state index >= 15 is 0 Å². The molecule has 61 heavy (non-hydrogen) atoms. The van der Waals surface area contributed by atoms with Crippen LogP contribution in [0.5, 0.6) is 0 Å². The summed E-state index contributed by atoms with van der Waals surface area (Å²) < 4.78 is 11.1. The van der Waals surface area contributed by atoms with Gasteiger partial charge in [0.15, 0.2) is 17.0 Å². The lowest BCUT2D eigenvalue weighted by atomic mass is 10.0. The average molecular weight is 841 g/mol. The number of aliphatic carboxylic acids is 1. The lowest BCUT2D eigenvalue weighted by Gasteiger charge is -2.27. The van der Waals surface area contributed by atoms with Gasteiger partial charge >= 0.3 is 5.97 Å². The van der Waals surface area contributed by atoms with Crippen LogP contribution in [0.25, 0.3) is 11.2 Å². The molecule has 6 rings (SSSR count). The Labute approximate surface area is 347 Å². The van der Waals surface area contributed by atoms with E-state index in [1.165, 1.54) is 6.07 Å². The maximum atomic E-state index is 13.2. The van der Waals surface area contributed by atoms with E-state index in [1.807, 2.05) is 11.9 Å².